The van der Waals surface area contributed by atoms with Crippen LogP contribution in [0.25, 0.3) is 10.8 Å². The molecule has 0 aliphatic heterocycles. The zero-order valence-electron chi connectivity index (χ0n) is 18.5. The van der Waals surface area contributed by atoms with E-state index in [1.54, 1.807) is 0 Å². The quantitative estimate of drug-likeness (QED) is 0.368. The summed E-state index contributed by atoms with van der Waals surface area (Å²) in [4.78, 5) is 12.5. The molecule has 4 aromatic rings. The molecule has 0 aliphatic carbocycles. The number of amides is 1. The maximum atomic E-state index is 12.5. The van der Waals surface area contributed by atoms with Crippen molar-refractivity contribution in [1.29, 1.82) is 0 Å². The lowest BCUT2D eigenvalue weighted by molar-refractivity contribution is -0.113. The fourth-order valence-electron chi connectivity index (χ4n) is 3.63. The first-order valence-corrected chi connectivity index (χ1v) is 11.6. The summed E-state index contributed by atoms with van der Waals surface area (Å²) in [5, 5.41) is 14.5. The van der Waals surface area contributed by atoms with Gasteiger partial charge in [0.25, 0.3) is 0 Å². The molecule has 6 nitrogen and oxygen atoms in total. The van der Waals surface area contributed by atoms with Crippen molar-refractivity contribution in [3.8, 4) is 5.75 Å². The summed E-state index contributed by atoms with van der Waals surface area (Å²) in [6.07, 6.45) is 0. The highest BCUT2D eigenvalue weighted by molar-refractivity contribution is 7.99. The molecule has 1 amide bonds. The second-order valence-corrected chi connectivity index (χ2v) is 8.46. The summed E-state index contributed by atoms with van der Waals surface area (Å²) in [5.74, 6) is 1.75. The highest BCUT2D eigenvalue weighted by Crippen LogP contribution is 2.26. The summed E-state index contributed by atoms with van der Waals surface area (Å²) >= 11 is 1.38. The number of hydrogen-bond acceptors (Lipinski definition) is 5. The summed E-state index contributed by atoms with van der Waals surface area (Å²) in [6.45, 7) is 7.02. The number of fused-ring (bicyclic) bond motifs is 1. The van der Waals surface area contributed by atoms with Gasteiger partial charge in [-0.1, -0.05) is 66.4 Å². The van der Waals surface area contributed by atoms with Gasteiger partial charge in [0.2, 0.25) is 5.91 Å². The Balaban J connectivity index is 1.41. The average Bonchev–Trinajstić information content (AvgIpc) is 3.20. The van der Waals surface area contributed by atoms with Gasteiger partial charge in [-0.2, -0.15) is 0 Å². The highest BCUT2D eigenvalue weighted by atomic mass is 32.2. The van der Waals surface area contributed by atoms with Gasteiger partial charge in [0.05, 0.1) is 5.75 Å². The zero-order chi connectivity index (χ0) is 22.5. The molecule has 1 N–H and O–H groups in total. The Morgan fingerprint density at radius 3 is 2.50 bits per heavy atom. The number of carbonyl (C=O) groups is 1. The number of aromatic nitrogens is 3. The lowest BCUT2D eigenvalue weighted by atomic mass is 10.1. The van der Waals surface area contributed by atoms with E-state index in [0.29, 0.717) is 18.3 Å². The number of nitrogens with one attached hydrogen (secondary N) is 1. The maximum Gasteiger partial charge on any atom is 0.234 e. The third-order valence-corrected chi connectivity index (χ3v) is 6.26. The van der Waals surface area contributed by atoms with Crippen molar-refractivity contribution in [1.82, 2.24) is 14.8 Å². The molecule has 0 atom stereocenters. The van der Waals surface area contributed by atoms with Crippen LogP contribution in [0, 0.1) is 13.8 Å². The van der Waals surface area contributed by atoms with Crippen LogP contribution in [0.1, 0.15) is 23.9 Å². The Kier molecular flexibility index (Phi) is 6.75. The second kappa shape index (κ2) is 9.87. The lowest BCUT2D eigenvalue weighted by Crippen LogP contribution is -2.16. The molecule has 0 unspecified atom stereocenters. The standard InChI is InChI=1S/C25H26N4O2S/c1-4-29-22(15-31-21-14-8-12-19-11-5-6-13-20(19)21)27-28-25(29)32-16-23(30)26-24-17(2)9-7-10-18(24)3/h5-14H,4,15-16H2,1-3H3,(H,26,30). The van der Waals surface area contributed by atoms with E-state index < -0.39 is 0 Å². The van der Waals surface area contributed by atoms with Crippen molar-refractivity contribution in [3.63, 3.8) is 0 Å². The molecule has 0 bridgehead atoms. The number of rotatable bonds is 8. The van der Waals surface area contributed by atoms with E-state index in [1.807, 2.05) is 73.9 Å². The molecule has 164 valence electrons. The molecule has 1 heterocycles. The number of para-hydroxylation sites is 1. The minimum atomic E-state index is -0.0633. The van der Waals surface area contributed by atoms with Crippen molar-refractivity contribution in [3.05, 3.63) is 77.6 Å². The molecular weight excluding hydrogens is 420 g/mol. The first-order valence-electron chi connectivity index (χ1n) is 10.6. The van der Waals surface area contributed by atoms with Crippen LogP contribution in [0.5, 0.6) is 5.75 Å². The smallest absolute Gasteiger partial charge is 0.234 e. The van der Waals surface area contributed by atoms with Gasteiger partial charge in [0, 0.05) is 17.6 Å². The average molecular weight is 447 g/mol. The lowest BCUT2D eigenvalue weighted by Gasteiger charge is -2.12. The maximum absolute atomic E-state index is 12.5. The molecule has 1 aromatic heterocycles. The minimum absolute atomic E-state index is 0.0633. The number of benzene rings is 3. The molecule has 0 spiro atoms. The first-order chi connectivity index (χ1) is 15.6. The molecular formula is C25H26N4O2S. The Labute approximate surface area is 192 Å². The van der Waals surface area contributed by atoms with Crippen LogP contribution in [0.4, 0.5) is 5.69 Å². The summed E-state index contributed by atoms with van der Waals surface area (Å²) in [5.41, 5.74) is 2.97. The zero-order valence-corrected chi connectivity index (χ0v) is 19.3. The van der Waals surface area contributed by atoms with E-state index in [4.69, 9.17) is 4.74 Å². The molecule has 0 radical (unpaired) electrons. The van der Waals surface area contributed by atoms with Gasteiger partial charge < -0.3 is 14.6 Å². The van der Waals surface area contributed by atoms with Crippen molar-refractivity contribution in [2.45, 2.75) is 39.1 Å². The molecule has 7 heteroatoms. The second-order valence-electron chi connectivity index (χ2n) is 7.51. The van der Waals surface area contributed by atoms with E-state index in [2.05, 4.69) is 27.6 Å². The number of thioether (sulfide) groups is 1. The van der Waals surface area contributed by atoms with Crippen LogP contribution in [-0.2, 0) is 17.9 Å². The van der Waals surface area contributed by atoms with E-state index in [-0.39, 0.29) is 11.7 Å². The molecule has 3 aromatic carbocycles. The van der Waals surface area contributed by atoms with E-state index >= 15 is 0 Å². The Hall–Kier alpha value is -3.32. The normalized spacial score (nSPS) is 11.0. The Morgan fingerprint density at radius 2 is 1.72 bits per heavy atom. The van der Waals surface area contributed by atoms with Crippen molar-refractivity contribution >= 4 is 34.1 Å². The van der Waals surface area contributed by atoms with Gasteiger partial charge in [0.1, 0.15) is 12.4 Å². The van der Waals surface area contributed by atoms with Crippen molar-refractivity contribution in [2.24, 2.45) is 0 Å². The third-order valence-electron chi connectivity index (χ3n) is 5.29. The highest BCUT2D eigenvalue weighted by Gasteiger charge is 2.15. The van der Waals surface area contributed by atoms with Gasteiger partial charge in [-0.05, 0) is 43.4 Å². The largest absolute Gasteiger partial charge is 0.485 e. The summed E-state index contributed by atoms with van der Waals surface area (Å²) in [6, 6.07) is 20.1. The van der Waals surface area contributed by atoms with Crippen molar-refractivity contribution < 1.29 is 9.53 Å². The third kappa shape index (κ3) is 4.78. The van der Waals surface area contributed by atoms with E-state index in [0.717, 1.165) is 39.2 Å². The van der Waals surface area contributed by atoms with Crippen LogP contribution in [0.3, 0.4) is 0 Å². The van der Waals surface area contributed by atoms with Gasteiger partial charge in [0.15, 0.2) is 11.0 Å². The molecule has 4 rings (SSSR count). The molecule has 0 saturated heterocycles. The predicted octanol–water partition coefficient (Wildman–Crippen LogP) is 5.38. The van der Waals surface area contributed by atoms with Gasteiger partial charge in [-0.15, -0.1) is 10.2 Å². The fraction of sp³-hybridized carbons (Fsp3) is 0.240. The minimum Gasteiger partial charge on any atom is -0.485 e. The molecule has 0 fully saturated rings. The van der Waals surface area contributed by atoms with E-state index in [9.17, 15) is 4.79 Å². The monoisotopic (exact) mass is 446 g/mol. The van der Waals surface area contributed by atoms with Crippen LogP contribution in [-0.4, -0.2) is 26.4 Å². The fourth-order valence-corrected chi connectivity index (χ4v) is 4.45. The van der Waals surface area contributed by atoms with Crippen LogP contribution in [0.15, 0.2) is 65.8 Å². The Morgan fingerprint density at radius 1 is 1.00 bits per heavy atom. The topological polar surface area (TPSA) is 69.0 Å². The summed E-state index contributed by atoms with van der Waals surface area (Å²) < 4.78 is 8.07. The molecule has 0 saturated carbocycles. The first kappa shape index (κ1) is 21.9. The van der Waals surface area contributed by atoms with Crippen molar-refractivity contribution in [2.75, 3.05) is 11.1 Å². The summed E-state index contributed by atoms with van der Waals surface area (Å²) in [7, 11) is 0. The predicted molar refractivity (Wildman–Crippen MR) is 129 cm³/mol. The van der Waals surface area contributed by atoms with E-state index in [1.165, 1.54) is 11.8 Å². The van der Waals surface area contributed by atoms with Gasteiger partial charge in [-0.25, -0.2) is 0 Å². The SMILES string of the molecule is CCn1c(COc2cccc3ccccc23)nnc1SCC(=O)Nc1c(C)cccc1C. The number of hydrogen-bond donors (Lipinski definition) is 1. The van der Waals surface area contributed by atoms with Crippen LogP contribution >= 0.6 is 11.8 Å². The number of nitrogens with zero attached hydrogens (tertiary/aromatic N) is 3. The van der Waals surface area contributed by atoms with Gasteiger partial charge in [-0.3, -0.25) is 4.79 Å². The van der Waals surface area contributed by atoms with Gasteiger partial charge >= 0.3 is 0 Å². The molecule has 32 heavy (non-hydrogen) atoms. The number of aryl methyl sites for hydroxylation is 2. The van der Waals surface area contributed by atoms with Crippen LogP contribution < -0.4 is 10.1 Å². The molecule has 0 aliphatic rings. The number of anilines is 1. The Bertz CT molecular complexity index is 1230. The number of carbonyl (C=O) groups excluding carboxylic acids is 1. The van der Waals surface area contributed by atoms with Crippen LogP contribution in [0.2, 0.25) is 0 Å². The number of ether oxygens (including phenoxy) is 1.